The first-order valence-electron chi connectivity index (χ1n) is 6.58. The molecule has 0 N–H and O–H groups in total. The summed E-state index contributed by atoms with van der Waals surface area (Å²) in [4.78, 5) is 44.8. The average Bonchev–Trinajstić information content (AvgIpc) is 2.34. The Bertz CT molecular complexity index is 451. The second-order valence-electron chi connectivity index (χ2n) is 4.68. The van der Waals surface area contributed by atoms with Crippen LogP contribution in [-0.4, -0.2) is 48.3 Å². The van der Waals surface area contributed by atoms with Crippen molar-refractivity contribution < 1.29 is 38.1 Å². The van der Waals surface area contributed by atoms with E-state index < -0.39 is 48.3 Å². The summed E-state index contributed by atoms with van der Waals surface area (Å²) in [6.45, 7) is 4.71. The standard InChI is InChI=1S/C14H18O8/c1-7(15)19-11-5-6-12(20-8(2)16)14(22-10(4)18)13(11)21-9(3)17/h5-6,11-14H,1-4H3/t11-,12-,13+,14+/m1/s1. The average molecular weight is 314 g/mol. The molecule has 8 heteroatoms. The Hall–Kier alpha value is -2.38. The molecule has 0 aromatic rings. The van der Waals surface area contributed by atoms with Gasteiger partial charge in [-0.15, -0.1) is 0 Å². The number of carbonyl (C=O) groups is 4. The van der Waals surface area contributed by atoms with Crippen molar-refractivity contribution in [2.45, 2.75) is 52.1 Å². The predicted molar refractivity (Wildman–Crippen MR) is 71.4 cm³/mol. The largest absolute Gasteiger partial charge is 0.454 e. The second-order valence-corrected chi connectivity index (χ2v) is 4.68. The highest BCUT2D eigenvalue weighted by molar-refractivity contribution is 5.69. The molecule has 0 radical (unpaired) electrons. The van der Waals surface area contributed by atoms with Gasteiger partial charge >= 0.3 is 23.9 Å². The maximum absolute atomic E-state index is 11.3. The maximum atomic E-state index is 11.3. The lowest BCUT2D eigenvalue weighted by Gasteiger charge is -2.36. The molecule has 0 amide bonds. The van der Waals surface area contributed by atoms with Crippen molar-refractivity contribution in [1.82, 2.24) is 0 Å². The molecule has 0 fully saturated rings. The van der Waals surface area contributed by atoms with Crippen LogP contribution in [0.5, 0.6) is 0 Å². The molecule has 0 aromatic carbocycles. The quantitative estimate of drug-likeness (QED) is 0.414. The molecule has 8 nitrogen and oxygen atoms in total. The highest BCUT2D eigenvalue weighted by Gasteiger charge is 2.44. The summed E-state index contributed by atoms with van der Waals surface area (Å²) in [5.41, 5.74) is 0. The van der Waals surface area contributed by atoms with Crippen LogP contribution in [0.25, 0.3) is 0 Å². The van der Waals surface area contributed by atoms with Gasteiger partial charge in [-0.05, 0) is 12.2 Å². The van der Waals surface area contributed by atoms with Crippen molar-refractivity contribution in [3.05, 3.63) is 12.2 Å². The van der Waals surface area contributed by atoms with Gasteiger partial charge in [0.1, 0.15) is 0 Å². The van der Waals surface area contributed by atoms with Crippen molar-refractivity contribution in [2.75, 3.05) is 0 Å². The molecule has 1 rings (SSSR count). The van der Waals surface area contributed by atoms with E-state index in [4.69, 9.17) is 18.9 Å². The number of rotatable bonds is 4. The Kier molecular flexibility index (Phi) is 6.09. The van der Waals surface area contributed by atoms with E-state index in [9.17, 15) is 19.2 Å². The molecule has 22 heavy (non-hydrogen) atoms. The summed E-state index contributed by atoms with van der Waals surface area (Å²) >= 11 is 0. The first-order chi connectivity index (χ1) is 10.2. The summed E-state index contributed by atoms with van der Waals surface area (Å²) < 4.78 is 20.3. The minimum absolute atomic E-state index is 0.598. The molecule has 122 valence electrons. The fourth-order valence-corrected chi connectivity index (χ4v) is 2.06. The van der Waals surface area contributed by atoms with E-state index in [2.05, 4.69) is 0 Å². The molecular weight excluding hydrogens is 296 g/mol. The smallest absolute Gasteiger partial charge is 0.303 e. The van der Waals surface area contributed by atoms with Crippen LogP contribution in [0.2, 0.25) is 0 Å². The Morgan fingerprint density at radius 3 is 1.09 bits per heavy atom. The summed E-state index contributed by atoms with van der Waals surface area (Å²) in [7, 11) is 0. The van der Waals surface area contributed by atoms with Gasteiger partial charge in [-0.3, -0.25) is 19.2 Å². The minimum Gasteiger partial charge on any atom is -0.454 e. The minimum atomic E-state index is -1.11. The van der Waals surface area contributed by atoms with E-state index >= 15 is 0 Å². The Morgan fingerprint density at radius 2 is 0.864 bits per heavy atom. The van der Waals surface area contributed by atoms with Crippen molar-refractivity contribution >= 4 is 23.9 Å². The number of carbonyl (C=O) groups excluding carboxylic acids is 4. The number of hydrogen-bond donors (Lipinski definition) is 0. The predicted octanol–water partition coefficient (Wildman–Crippen LogP) is 0.283. The zero-order chi connectivity index (χ0) is 16.9. The molecule has 4 atom stereocenters. The van der Waals surface area contributed by atoms with Gasteiger partial charge in [0.2, 0.25) is 0 Å². The van der Waals surface area contributed by atoms with Crippen molar-refractivity contribution in [3.63, 3.8) is 0 Å². The third kappa shape index (κ3) is 5.19. The highest BCUT2D eigenvalue weighted by Crippen LogP contribution is 2.25. The molecule has 1 aliphatic carbocycles. The lowest BCUT2D eigenvalue weighted by molar-refractivity contribution is -0.193. The van der Waals surface area contributed by atoms with Crippen LogP contribution in [0.15, 0.2) is 12.2 Å². The van der Waals surface area contributed by atoms with Crippen LogP contribution < -0.4 is 0 Å². The van der Waals surface area contributed by atoms with Gasteiger partial charge in [0.05, 0.1) is 0 Å². The molecular formula is C14H18O8. The molecule has 0 spiro atoms. The Labute approximate surface area is 127 Å². The molecule has 0 aromatic heterocycles. The summed E-state index contributed by atoms with van der Waals surface area (Å²) in [5.74, 6) is -2.51. The molecule has 0 bridgehead atoms. The molecule has 0 aliphatic heterocycles. The maximum Gasteiger partial charge on any atom is 0.303 e. The van der Waals surface area contributed by atoms with E-state index in [1.165, 1.54) is 26.0 Å². The Balaban J connectivity index is 3.11. The first-order valence-corrected chi connectivity index (χ1v) is 6.58. The van der Waals surface area contributed by atoms with Crippen LogP contribution in [0, 0.1) is 0 Å². The number of esters is 4. The fraction of sp³-hybridized carbons (Fsp3) is 0.571. The van der Waals surface area contributed by atoms with Gasteiger partial charge in [0.15, 0.2) is 24.4 Å². The van der Waals surface area contributed by atoms with Crippen LogP contribution in [0.1, 0.15) is 27.7 Å². The third-order valence-electron chi connectivity index (χ3n) is 2.67. The third-order valence-corrected chi connectivity index (χ3v) is 2.67. The van der Waals surface area contributed by atoms with E-state index in [1.54, 1.807) is 0 Å². The molecule has 1 aliphatic rings. The molecule has 0 heterocycles. The highest BCUT2D eigenvalue weighted by atomic mass is 16.6. The van der Waals surface area contributed by atoms with Gasteiger partial charge in [-0.2, -0.15) is 0 Å². The van der Waals surface area contributed by atoms with Crippen molar-refractivity contribution in [2.24, 2.45) is 0 Å². The fourth-order valence-electron chi connectivity index (χ4n) is 2.06. The zero-order valence-electron chi connectivity index (χ0n) is 12.7. The van der Waals surface area contributed by atoms with Gasteiger partial charge < -0.3 is 18.9 Å². The van der Waals surface area contributed by atoms with Crippen LogP contribution in [-0.2, 0) is 38.1 Å². The summed E-state index contributed by atoms with van der Waals surface area (Å²) in [6.07, 6.45) is -1.28. The first kappa shape index (κ1) is 17.7. The summed E-state index contributed by atoms with van der Waals surface area (Å²) in [6, 6.07) is 0. The summed E-state index contributed by atoms with van der Waals surface area (Å²) in [5, 5.41) is 0. The molecule has 0 unspecified atom stereocenters. The van der Waals surface area contributed by atoms with Gasteiger partial charge in [0, 0.05) is 27.7 Å². The molecule has 0 saturated carbocycles. The van der Waals surface area contributed by atoms with E-state index in [1.807, 2.05) is 0 Å². The van der Waals surface area contributed by atoms with Gasteiger partial charge in [0.25, 0.3) is 0 Å². The number of ether oxygens (including phenoxy) is 4. The van der Waals surface area contributed by atoms with E-state index in [-0.39, 0.29) is 0 Å². The van der Waals surface area contributed by atoms with Crippen LogP contribution >= 0.6 is 0 Å². The number of hydrogen-bond acceptors (Lipinski definition) is 8. The van der Waals surface area contributed by atoms with Crippen molar-refractivity contribution in [3.8, 4) is 0 Å². The monoisotopic (exact) mass is 314 g/mol. The lowest BCUT2D eigenvalue weighted by atomic mass is 9.95. The Morgan fingerprint density at radius 1 is 0.591 bits per heavy atom. The zero-order valence-corrected chi connectivity index (χ0v) is 12.7. The van der Waals surface area contributed by atoms with E-state index in [0.29, 0.717) is 0 Å². The molecule has 0 saturated heterocycles. The second kappa shape index (κ2) is 7.58. The van der Waals surface area contributed by atoms with Gasteiger partial charge in [-0.1, -0.05) is 0 Å². The van der Waals surface area contributed by atoms with E-state index in [0.717, 1.165) is 13.8 Å². The normalized spacial score (nSPS) is 26.7. The van der Waals surface area contributed by atoms with Crippen molar-refractivity contribution in [1.29, 1.82) is 0 Å². The lowest BCUT2D eigenvalue weighted by Crippen LogP contribution is -2.53. The SMILES string of the molecule is CC(=O)O[C@@H]1[C@@H](OC(C)=O)[C@H](OC(C)=O)C=C[C@H]1OC(C)=O. The van der Waals surface area contributed by atoms with Crippen LogP contribution in [0.4, 0.5) is 0 Å². The topological polar surface area (TPSA) is 105 Å². The van der Waals surface area contributed by atoms with Crippen LogP contribution in [0.3, 0.4) is 0 Å². The van der Waals surface area contributed by atoms with Gasteiger partial charge in [-0.25, -0.2) is 0 Å².